The first kappa shape index (κ1) is 20.0. The van der Waals surface area contributed by atoms with Gasteiger partial charge in [-0.3, -0.25) is 19.3 Å². The zero-order chi connectivity index (χ0) is 18.3. The number of imide groups is 1. The number of nitrogens with zero attached hydrogens (tertiary/aromatic N) is 1. The van der Waals surface area contributed by atoms with Crippen molar-refractivity contribution in [2.45, 2.75) is 71.9 Å². The lowest BCUT2D eigenvalue weighted by Crippen LogP contribution is -2.52. The van der Waals surface area contributed by atoms with Gasteiger partial charge < -0.3 is 5.32 Å². The van der Waals surface area contributed by atoms with Crippen LogP contribution in [0.2, 0.25) is 0 Å². The molecule has 1 aliphatic rings. The van der Waals surface area contributed by atoms with Crippen molar-refractivity contribution in [3.8, 4) is 12.3 Å². The lowest BCUT2D eigenvalue weighted by molar-refractivity contribution is -0.146. The fourth-order valence-corrected chi connectivity index (χ4v) is 2.88. The number of carbonyl (C=O) groups is 3. The summed E-state index contributed by atoms with van der Waals surface area (Å²) < 4.78 is 0. The Morgan fingerprint density at radius 2 is 2.08 bits per heavy atom. The zero-order valence-electron chi connectivity index (χ0n) is 15.1. The maximum Gasteiger partial charge on any atom is 0.253 e. The van der Waals surface area contributed by atoms with Crippen LogP contribution in [0.1, 0.15) is 59.8 Å². The SMILES string of the molecule is C#CCCC(=O)N[C@H](CCC)C(=O)N1C(=O)C=C(C)[C@@H]1CC(C)C. The third kappa shape index (κ3) is 5.23. The van der Waals surface area contributed by atoms with Gasteiger partial charge in [0.2, 0.25) is 5.91 Å². The summed E-state index contributed by atoms with van der Waals surface area (Å²) in [5, 5.41) is 2.74. The Balaban J connectivity index is 2.90. The van der Waals surface area contributed by atoms with Crippen molar-refractivity contribution in [3.05, 3.63) is 11.6 Å². The van der Waals surface area contributed by atoms with Crippen LogP contribution in [-0.2, 0) is 14.4 Å². The molecule has 0 aromatic carbocycles. The predicted octanol–water partition coefficient (Wildman–Crippen LogP) is 2.41. The average Bonchev–Trinajstić information content (AvgIpc) is 2.77. The molecule has 5 nitrogen and oxygen atoms in total. The second-order valence-corrected chi connectivity index (χ2v) is 6.69. The third-order valence-electron chi connectivity index (χ3n) is 4.07. The molecule has 24 heavy (non-hydrogen) atoms. The average molecular weight is 332 g/mol. The van der Waals surface area contributed by atoms with Gasteiger partial charge in [0, 0.05) is 18.9 Å². The summed E-state index contributed by atoms with van der Waals surface area (Å²) in [5.74, 6) is 1.90. The summed E-state index contributed by atoms with van der Waals surface area (Å²) in [6.07, 6.45) is 9.16. The summed E-state index contributed by atoms with van der Waals surface area (Å²) >= 11 is 0. The normalized spacial score (nSPS) is 18.3. The van der Waals surface area contributed by atoms with E-state index < -0.39 is 6.04 Å². The van der Waals surface area contributed by atoms with Crippen molar-refractivity contribution in [1.82, 2.24) is 10.2 Å². The van der Waals surface area contributed by atoms with Crippen LogP contribution in [0.4, 0.5) is 0 Å². The number of amides is 3. The Kier molecular flexibility index (Phi) is 7.70. The number of nitrogens with one attached hydrogen (secondary N) is 1. The number of hydrogen-bond acceptors (Lipinski definition) is 3. The van der Waals surface area contributed by atoms with E-state index in [1.54, 1.807) is 0 Å². The van der Waals surface area contributed by atoms with E-state index >= 15 is 0 Å². The standard InChI is InChI=1S/C19H28N2O3/c1-6-8-10-17(22)20-15(9-7-2)19(24)21-16(11-13(3)4)14(5)12-18(21)23/h1,12-13,15-16H,7-11H2,2-5H3,(H,20,22)/t15-,16+/m1/s1. The molecule has 0 bridgehead atoms. The maximum atomic E-state index is 12.9. The van der Waals surface area contributed by atoms with Crippen LogP contribution in [0.15, 0.2) is 11.6 Å². The third-order valence-corrected chi connectivity index (χ3v) is 4.07. The molecule has 1 heterocycles. The Morgan fingerprint density at radius 3 is 2.62 bits per heavy atom. The molecule has 0 unspecified atom stereocenters. The van der Waals surface area contributed by atoms with Crippen LogP contribution in [0.25, 0.3) is 0 Å². The molecule has 0 spiro atoms. The molecular formula is C19H28N2O3. The summed E-state index contributed by atoms with van der Waals surface area (Å²) in [6.45, 7) is 7.93. The smallest absolute Gasteiger partial charge is 0.253 e. The van der Waals surface area contributed by atoms with E-state index in [4.69, 9.17) is 6.42 Å². The van der Waals surface area contributed by atoms with Gasteiger partial charge in [-0.2, -0.15) is 0 Å². The van der Waals surface area contributed by atoms with Crippen LogP contribution in [0.3, 0.4) is 0 Å². The highest BCUT2D eigenvalue weighted by Gasteiger charge is 2.38. The van der Waals surface area contributed by atoms with Crippen LogP contribution in [-0.4, -0.2) is 34.7 Å². The molecule has 1 N–H and O–H groups in total. The molecule has 3 amide bonds. The fourth-order valence-electron chi connectivity index (χ4n) is 2.88. The molecule has 0 saturated carbocycles. The molecule has 1 rings (SSSR count). The summed E-state index contributed by atoms with van der Waals surface area (Å²) in [7, 11) is 0. The molecule has 0 radical (unpaired) electrons. The quantitative estimate of drug-likeness (QED) is 0.694. The lowest BCUT2D eigenvalue weighted by atomic mass is 9.98. The van der Waals surface area contributed by atoms with Gasteiger partial charge >= 0.3 is 0 Å². The van der Waals surface area contributed by atoms with E-state index in [0.29, 0.717) is 18.8 Å². The van der Waals surface area contributed by atoms with Crippen molar-refractivity contribution in [1.29, 1.82) is 0 Å². The highest BCUT2D eigenvalue weighted by atomic mass is 16.2. The van der Waals surface area contributed by atoms with E-state index in [-0.39, 0.29) is 30.2 Å². The van der Waals surface area contributed by atoms with Gasteiger partial charge in [-0.05, 0) is 31.3 Å². The first-order valence-electron chi connectivity index (χ1n) is 8.59. The summed E-state index contributed by atoms with van der Waals surface area (Å²) in [6, 6.07) is -0.898. The number of terminal acetylenes is 1. The molecule has 132 valence electrons. The first-order valence-corrected chi connectivity index (χ1v) is 8.59. The van der Waals surface area contributed by atoms with Gasteiger partial charge in [0.1, 0.15) is 6.04 Å². The minimum absolute atomic E-state index is 0.185. The topological polar surface area (TPSA) is 66.5 Å². The summed E-state index contributed by atoms with van der Waals surface area (Å²) in [4.78, 5) is 38.4. The largest absolute Gasteiger partial charge is 0.344 e. The van der Waals surface area contributed by atoms with E-state index in [0.717, 1.165) is 18.4 Å². The molecule has 5 heteroatoms. The molecule has 2 atom stereocenters. The van der Waals surface area contributed by atoms with Gasteiger partial charge in [0.25, 0.3) is 11.8 Å². The number of carbonyl (C=O) groups excluding carboxylic acids is 3. The second-order valence-electron chi connectivity index (χ2n) is 6.69. The highest BCUT2D eigenvalue weighted by Crippen LogP contribution is 2.26. The monoisotopic (exact) mass is 332 g/mol. The van der Waals surface area contributed by atoms with Gasteiger partial charge in [-0.15, -0.1) is 12.3 Å². The minimum Gasteiger partial charge on any atom is -0.344 e. The van der Waals surface area contributed by atoms with Crippen molar-refractivity contribution in [2.24, 2.45) is 5.92 Å². The van der Waals surface area contributed by atoms with Crippen LogP contribution >= 0.6 is 0 Å². The molecule has 0 aliphatic carbocycles. The van der Waals surface area contributed by atoms with Gasteiger partial charge in [0.05, 0.1) is 6.04 Å². The lowest BCUT2D eigenvalue weighted by Gasteiger charge is -2.30. The molecule has 0 saturated heterocycles. The zero-order valence-corrected chi connectivity index (χ0v) is 15.1. The van der Waals surface area contributed by atoms with Gasteiger partial charge in [-0.25, -0.2) is 0 Å². The Labute approximate surface area is 144 Å². The summed E-state index contributed by atoms with van der Waals surface area (Å²) in [5.41, 5.74) is 0.899. The van der Waals surface area contributed by atoms with Crippen molar-refractivity contribution in [2.75, 3.05) is 0 Å². The van der Waals surface area contributed by atoms with Crippen LogP contribution < -0.4 is 5.32 Å². The van der Waals surface area contributed by atoms with Crippen molar-refractivity contribution < 1.29 is 14.4 Å². The fraction of sp³-hybridized carbons (Fsp3) is 0.632. The van der Waals surface area contributed by atoms with E-state index in [1.165, 1.54) is 11.0 Å². The number of rotatable bonds is 8. The molecule has 0 aromatic rings. The van der Waals surface area contributed by atoms with Crippen LogP contribution in [0, 0.1) is 18.3 Å². The van der Waals surface area contributed by atoms with Gasteiger partial charge in [0.15, 0.2) is 0 Å². The maximum absolute atomic E-state index is 12.9. The Bertz CT molecular complexity index is 557. The van der Waals surface area contributed by atoms with E-state index in [1.807, 2.05) is 13.8 Å². The molecular weight excluding hydrogens is 304 g/mol. The van der Waals surface area contributed by atoms with E-state index in [2.05, 4.69) is 25.1 Å². The Morgan fingerprint density at radius 1 is 1.42 bits per heavy atom. The predicted molar refractivity (Wildman–Crippen MR) is 93.8 cm³/mol. The number of hydrogen-bond donors (Lipinski definition) is 1. The van der Waals surface area contributed by atoms with Gasteiger partial charge in [-0.1, -0.05) is 27.2 Å². The van der Waals surface area contributed by atoms with Crippen molar-refractivity contribution in [3.63, 3.8) is 0 Å². The molecule has 0 aromatic heterocycles. The second kappa shape index (κ2) is 9.27. The molecule has 1 aliphatic heterocycles. The minimum atomic E-state index is -0.682. The Hall–Kier alpha value is -2.09. The molecule has 0 fully saturated rings. The first-order chi connectivity index (χ1) is 11.3. The van der Waals surface area contributed by atoms with E-state index in [9.17, 15) is 14.4 Å². The van der Waals surface area contributed by atoms with Crippen LogP contribution in [0.5, 0.6) is 0 Å². The van der Waals surface area contributed by atoms with Crippen molar-refractivity contribution >= 4 is 17.7 Å². The highest BCUT2D eigenvalue weighted by molar-refractivity contribution is 6.06.